The highest BCUT2D eigenvalue weighted by molar-refractivity contribution is 7.92. The van der Waals surface area contributed by atoms with E-state index in [0.717, 1.165) is 21.7 Å². The van der Waals surface area contributed by atoms with Gasteiger partial charge in [-0.15, -0.1) is 0 Å². The Morgan fingerprint density at radius 2 is 1.64 bits per heavy atom. The number of carbonyl (C=O) groups is 1. The highest BCUT2D eigenvalue weighted by Crippen LogP contribution is 2.25. The first kappa shape index (κ1) is 21.8. The highest BCUT2D eigenvalue weighted by atomic mass is 32.2. The molecule has 6 nitrogen and oxygen atoms in total. The van der Waals surface area contributed by atoms with E-state index in [1.165, 1.54) is 0 Å². The molecule has 0 saturated heterocycles. The van der Waals surface area contributed by atoms with Crippen LogP contribution in [0.5, 0.6) is 5.75 Å². The van der Waals surface area contributed by atoms with E-state index in [1.54, 1.807) is 43.3 Å². The number of carbonyl (C=O) groups excluding carboxylic acids is 1. The number of hydrogen-bond acceptors (Lipinski definition) is 4. The Bertz CT molecular complexity index is 934. The molecule has 0 saturated carbocycles. The second kappa shape index (κ2) is 8.65. The molecule has 0 heterocycles. The summed E-state index contributed by atoms with van der Waals surface area (Å²) in [5.74, 6) is 0.209. The lowest BCUT2D eigenvalue weighted by molar-refractivity contribution is -0.116. The molecule has 0 radical (unpaired) electrons. The summed E-state index contributed by atoms with van der Waals surface area (Å²) in [6, 6.07) is 11.6. The van der Waals surface area contributed by atoms with Crippen molar-refractivity contribution in [2.75, 3.05) is 15.9 Å². The normalized spacial score (nSPS) is 12.5. The van der Waals surface area contributed by atoms with Gasteiger partial charge in [0, 0.05) is 11.8 Å². The summed E-state index contributed by atoms with van der Waals surface area (Å²) in [5, 5.41) is 2.78. The van der Waals surface area contributed by atoms with Crippen LogP contribution in [0.3, 0.4) is 0 Å². The van der Waals surface area contributed by atoms with Crippen LogP contribution in [0.1, 0.15) is 31.9 Å². The molecule has 0 aliphatic heterocycles. The van der Waals surface area contributed by atoms with E-state index in [2.05, 4.69) is 5.32 Å². The minimum Gasteiger partial charge on any atom is -0.491 e. The van der Waals surface area contributed by atoms with Gasteiger partial charge < -0.3 is 10.1 Å². The average Bonchev–Trinajstić information content (AvgIpc) is 2.52. The smallest absolute Gasteiger partial charge is 0.247 e. The quantitative estimate of drug-likeness (QED) is 0.760. The van der Waals surface area contributed by atoms with Gasteiger partial charge in [0.05, 0.1) is 18.0 Å². The van der Waals surface area contributed by atoms with Crippen molar-refractivity contribution in [1.29, 1.82) is 0 Å². The van der Waals surface area contributed by atoms with Crippen molar-refractivity contribution in [2.24, 2.45) is 0 Å². The van der Waals surface area contributed by atoms with E-state index in [9.17, 15) is 13.2 Å². The number of nitrogens with one attached hydrogen (secondary N) is 1. The van der Waals surface area contributed by atoms with E-state index < -0.39 is 22.0 Å². The molecular weight excluding hydrogens is 376 g/mol. The molecule has 0 spiro atoms. The van der Waals surface area contributed by atoms with Crippen molar-refractivity contribution in [3.05, 3.63) is 53.6 Å². The lowest BCUT2D eigenvalue weighted by Gasteiger charge is -2.29. The van der Waals surface area contributed by atoms with Crippen LogP contribution < -0.4 is 14.4 Å². The van der Waals surface area contributed by atoms with E-state index in [1.807, 2.05) is 33.8 Å². The molecule has 7 heteroatoms. The van der Waals surface area contributed by atoms with Crippen molar-refractivity contribution in [3.63, 3.8) is 0 Å². The Labute approximate surface area is 167 Å². The molecule has 1 atom stereocenters. The van der Waals surface area contributed by atoms with E-state index >= 15 is 0 Å². The van der Waals surface area contributed by atoms with Gasteiger partial charge in [-0.25, -0.2) is 8.42 Å². The number of ether oxygens (including phenoxy) is 1. The number of rotatable bonds is 7. The molecule has 152 valence electrons. The van der Waals surface area contributed by atoms with E-state index in [-0.39, 0.29) is 6.10 Å². The monoisotopic (exact) mass is 404 g/mol. The largest absolute Gasteiger partial charge is 0.491 e. The average molecular weight is 405 g/mol. The second-order valence-corrected chi connectivity index (χ2v) is 9.12. The Morgan fingerprint density at radius 3 is 2.18 bits per heavy atom. The van der Waals surface area contributed by atoms with Crippen molar-refractivity contribution < 1.29 is 17.9 Å². The van der Waals surface area contributed by atoms with Gasteiger partial charge in [-0.3, -0.25) is 9.10 Å². The van der Waals surface area contributed by atoms with Gasteiger partial charge >= 0.3 is 0 Å². The molecule has 0 fully saturated rings. The zero-order valence-electron chi connectivity index (χ0n) is 17.2. The first-order valence-corrected chi connectivity index (χ1v) is 11.0. The molecule has 0 unspecified atom stereocenters. The standard InChI is InChI=1S/C21H28N2O4S/c1-14(2)27-20-9-7-8-18(13-20)22-21(24)17(5)23(28(6,25)26)19-11-15(3)10-16(4)12-19/h7-14,17H,1-6H3,(H,22,24)/t17-/m1/s1. The Balaban J connectivity index is 2.30. The van der Waals surface area contributed by atoms with Crippen molar-refractivity contribution in [3.8, 4) is 5.75 Å². The minimum absolute atomic E-state index is 0.00941. The van der Waals surface area contributed by atoms with Crippen molar-refractivity contribution >= 4 is 27.3 Å². The third-order valence-corrected chi connectivity index (χ3v) is 5.26. The summed E-state index contributed by atoms with van der Waals surface area (Å²) in [6.07, 6.45) is 1.11. The van der Waals surface area contributed by atoms with Crippen LogP contribution in [0.15, 0.2) is 42.5 Å². The maximum atomic E-state index is 12.8. The number of sulfonamides is 1. The molecule has 1 N–H and O–H groups in total. The van der Waals surface area contributed by atoms with Crippen LogP contribution in [-0.4, -0.2) is 32.7 Å². The van der Waals surface area contributed by atoms with Crippen LogP contribution in [0.4, 0.5) is 11.4 Å². The number of hydrogen-bond donors (Lipinski definition) is 1. The van der Waals surface area contributed by atoms with E-state index in [0.29, 0.717) is 17.1 Å². The highest BCUT2D eigenvalue weighted by Gasteiger charge is 2.29. The first-order chi connectivity index (χ1) is 13.0. The molecule has 0 aromatic heterocycles. The second-order valence-electron chi connectivity index (χ2n) is 7.26. The summed E-state index contributed by atoms with van der Waals surface area (Å²) in [4.78, 5) is 12.8. The molecule has 0 bridgehead atoms. The lowest BCUT2D eigenvalue weighted by atomic mass is 10.1. The number of amides is 1. The zero-order valence-corrected chi connectivity index (χ0v) is 18.0. The number of anilines is 2. The van der Waals surface area contributed by atoms with Crippen LogP contribution in [0.2, 0.25) is 0 Å². The Morgan fingerprint density at radius 1 is 1.04 bits per heavy atom. The molecule has 2 aromatic carbocycles. The van der Waals surface area contributed by atoms with Crippen molar-refractivity contribution in [1.82, 2.24) is 0 Å². The van der Waals surface area contributed by atoms with Gasteiger partial charge in [-0.2, -0.15) is 0 Å². The predicted molar refractivity (Wildman–Crippen MR) is 114 cm³/mol. The molecule has 2 rings (SSSR count). The third-order valence-electron chi connectivity index (χ3n) is 4.02. The third kappa shape index (κ3) is 5.73. The number of aryl methyl sites for hydroxylation is 2. The van der Waals surface area contributed by atoms with Crippen LogP contribution in [-0.2, 0) is 14.8 Å². The molecule has 28 heavy (non-hydrogen) atoms. The SMILES string of the molecule is Cc1cc(C)cc(N([C@H](C)C(=O)Nc2cccc(OC(C)C)c2)S(C)(=O)=O)c1. The van der Waals surface area contributed by atoms with Gasteiger partial charge in [0.15, 0.2) is 0 Å². The summed E-state index contributed by atoms with van der Waals surface area (Å²) in [6.45, 7) is 9.19. The fraction of sp³-hybridized carbons (Fsp3) is 0.381. The fourth-order valence-corrected chi connectivity index (χ4v) is 4.21. The lowest BCUT2D eigenvalue weighted by Crippen LogP contribution is -2.45. The maximum absolute atomic E-state index is 12.8. The predicted octanol–water partition coefficient (Wildman–Crippen LogP) is 3.88. The number of benzene rings is 2. The summed E-state index contributed by atoms with van der Waals surface area (Å²) < 4.78 is 31.7. The molecule has 2 aromatic rings. The van der Waals surface area contributed by atoms with Gasteiger partial charge in [0.2, 0.25) is 15.9 Å². The van der Waals surface area contributed by atoms with Gasteiger partial charge in [-0.1, -0.05) is 12.1 Å². The topological polar surface area (TPSA) is 75.7 Å². The molecular formula is C21H28N2O4S. The fourth-order valence-electron chi connectivity index (χ4n) is 3.05. The van der Waals surface area contributed by atoms with Crippen molar-refractivity contribution in [2.45, 2.75) is 46.8 Å². The Kier molecular flexibility index (Phi) is 6.72. The van der Waals surface area contributed by atoms with Gasteiger partial charge in [0.25, 0.3) is 0 Å². The van der Waals surface area contributed by atoms with Crippen LogP contribution in [0, 0.1) is 13.8 Å². The van der Waals surface area contributed by atoms with Gasteiger partial charge in [-0.05, 0) is 70.0 Å². The minimum atomic E-state index is -3.66. The summed E-state index contributed by atoms with van der Waals surface area (Å²) in [5.41, 5.74) is 2.87. The van der Waals surface area contributed by atoms with Gasteiger partial charge in [0.1, 0.15) is 11.8 Å². The van der Waals surface area contributed by atoms with Crippen LogP contribution >= 0.6 is 0 Å². The maximum Gasteiger partial charge on any atom is 0.247 e. The summed E-state index contributed by atoms with van der Waals surface area (Å²) >= 11 is 0. The zero-order chi connectivity index (χ0) is 21.1. The Hall–Kier alpha value is -2.54. The molecule has 1 amide bonds. The molecule has 0 aliphatic rings. The van der Waals surface area contributed by atoms with E-state index in [4.69, 9.17) is 4.74 Å². The molecule has 0 aliphatic carbocycles. The summed E-state index contributed by atoms with van der Waals surface area (Å²) in [7, 11) is -3.66. The first-order valence-electron chi connectivity index (χ1n) is 9.12. The number of nitrogens with zero attached hydrogens (tertiary/aromatic N) is 1. The van der Waals surface area contributed by atoms with Crippen LogP contribution in [0.25, 0.3) is 0 Å².